The fourth-order valence-corrected chi connectivity index (χ4v) is 3.76. The lowest BCUT2D eigenvalue weighted by Crippen LogP contribution is -2.45. The average Bonchev–Trinajstić information content (AvgIpc) is 2.82. The van der Waals surface area contributed by atoms with Gasteiger partial charge in [-0.2, -0.15) is 5.10 Å². The number of carbonyl (C=O) groups is 3. The van der Waals surface area contributed by atoms with Gasteiger partial charge in [0.2, 0.25) is 0 Å². The third kappa shape index (κ3) is 6.82. The number of halogens is 1. The number of benzene rings is 2. The maximum Gasteiger partial charge on any atom is 0.338 e. The van der Waals surface area contributed by atoms with E-state index < -0.39 is 23.9 Å². The first-order chi connectivity index (χ1) is 16.8. The highest BCUT2D eigenvalue weighted by atomic mass is 79.9. The summed E-state index contributed by atoms with van der Waals surface area (Å²) in [6, 6.07) is 11.1. The van der Waals surface area contributed by atoms with Gasteiger partial charge in [0.15, 0.2) is 18.1 Å². The number of rotatable bonds is 9. The number of nitrogens with zero attached hydrogens (tertiary/aromatic N) is 1. The first-order valence-corrected chi connectivity index (χ1v) is 11.4. The van der Waals surface area contributed by atoms with Gasteiger partial charge in [-0.05, 0) is 49.2 Å². The summed E-state index contributed by atoms with van der Waals surface area (Å²) in [7, 11) is 1.45. The molecule has 2 aromatic rings. The molecule has 0 unspecified atom stereocenters. The van der Waals surface area contributed by atoms with Crippen LogP contribution in [0.2, 0.25) is 0 Å². The molecule has 0 saturated heterocycles. The Labute approximate surface area is 210 Å². The van der Waals surface area contributed by atoms with Crippen molar-refractivity contribution in [2.75, 3.05) is 20.3 Å². The molecule has 184 valence electrons. The van der Waals surface area contributed by atoms with Crippen LogP contribution in [0, 0.1) is 0 Å². The normalized spacial score (nSPS) is 15.3. The summed E-state index contributed by atoms with van der Waals surface area (Å²) in [4.78, 5) is 36.7. The minimum atomic E-state index is -0.749. The van der Waals surface area contributed by atoms with Gasteiger partial charge in [0, 0.05) is 10.2 Å². The van der Waals surface area contributed by atoms with E-state index in [2.05, 4.69) is 37.1 Å². The number of esters is 1. The zero-order chi connectivity index (χ0) is 25.4. The highest BCUT2D eigenvalue weighted by Gasteiger charge is 2.32. The van der Waals surface area contributed by atoms with Crippen molar-refractivity contribution < 1.29 is 28.6 Å². The molecule has 3 rings (SSSR count). The molecule has 1 heterocycles. The molecule has 0 fully saturated rings. The molecule has 3 amide bonds. The fourth-order valence-electron chi connectivity index (χ4n) is 3.35. The van der Waals surface area contributed by atoms with Crippen molar-refractivity contribution in [1.82, 2.24) is 16.1 Å². The van der Waals surface area contributed by atoms with E-state index >= 15 is 0 Å². The molecular formula is C24H25BrN4O6. The van der Waals surface area contributed by atoms with Crippen molar-refractivity contribution in [1.29, 1.82) is 0 Å². The zero-order valence-corrected chi connectivity index (χ0v) is 21.0. The Balaban J connectivity index is 1.69. The summed E-state index contributed by atoms with van der Waals surface area (Å²) in [5.74, 6) is -0.374. The largest absolute Gasteiger partial charge is 0.493 e. The van der Waals surface area contributed by atoms with Crippen molar-refractivity contribution in [3.05, 3.63) is 69.3 Å². The van der Waals surface area contributed by atoms with E-state index in [9.17, 15) is 14.4 Å². The number of nitrogens with one attached hydrogen (secondary N) is 3. The van der Waals surface area contributed by atoms with Gasteiger partial charge in [0.1, 0.15) is 0 Å². The highest BCUT2D eigenvalue weighted by Crippen LogP contribution is 2.34. The molecule has 0 aliphatic carbocycles. The predicted octanol–water partition coefficient (Wildman–Crippen LogP) is 3.18. The number of hydrogen-bond acceptors (Lipinski definition) is 7. The van der Waals surface area contributed by atoms with Crippen molar-refractivity contribution in [2.45, 2.75) is 19.9 Å². The van der Waals surface area contributed by atoms with Crippen LogP contribution in [0.25, 0.3) is 0 Å². The number of amides is 3. The van der Waals surface area contributed by atoms with Crippen LogP contribution < -0.4 is 25.5 Å². The summed E-state index contributed by atoms with van der Waals surface area (Å²) in [6.45, 7) is 3.23. The summed E-state index contributed by atoms with van der Waals surface area (Å²) >= 11 is 3.37. The van der Waals surface area contributed by atoms with E-state index in [1.165, 1.54) is 13.3 Å². The van der Waals surface area contributed by atoms with Crippen LogP contribution in [0.4, 0.5) is 4.79 Å². The van der Waals surface area contributed by atoms with Crippen molar-refractivity contribution >= 4 is 40.1 Å². The van der Waals surface area contributed by atoms with Crippen LogP contribution in [-0.2, 0) is 14.3 Å². The third-order valence-electron chi connectivity index (χ3n) is 4.90. The van der Waals surface area contributed by atoms with Gasteiger partial charge in [-0.25, -0.2) is 15.0 Å². The summed E-state index contributed by atoms with van der Waals surface area (Å²) in [5.41, 5.74) is 4.47. The van der Waals surface area contributed by atoms with Gasteiger partial charge in [0.25, 0.3) is 5.91 Å². The minimum Gasteiger partial charge on any atom is -0.493 e. The number of hydrogen-bond donors (Lipinski definition) is 3. The van der Waals surface area contributed by atoms with Gasteiger partial charge in [-0.3, -0.25) is 4.79 Å². The smallest absolute Gasteiger partial charge is 0.338 e. The first kappa shape index (κ1) is 25.8. The topological polar surface area (TPSA) is 127 Å². The monoisotopic (exact) mass is 544 g/mol. The first-order valence-electron chi connectivity index (χ1n) is 10.7. The van der Waals surface area contributed by atoms with E-state index in [1.54, 1.807) is 32.0 Å². The summed E-state index contributed by atoms with van der Waals surface area (Å²) in [6.07, 6.45) is 1.52. The van der Waals surface area contributed by atoms with E-state index in [1.807, 2.05) is 24.3 Å². The van der Waals surface area contributed by atoms with E-state index in [0.717, 1.165) is 10.0 Å². The third-order valence-corrected chi connectivity index (χ3v) is 5.39. The van der Waals surface area contributed by atoms with Crippen LogP contribution in [-0.4, -0.2) is 44.4 Å². The molecule has 3 N–H and O–H groups in total. The SMILES string of the molecule is CCOC(=O)C1=C(C)NC(=O)N[C@H]1c1ccc(OCC(=O)N/N=C\c2cccc(Br)c2)c(OC)c1. The Kier molecular flexibility index (Phi) is 8.85. The molecule has 10 nitrogen and oxygen atoms in total. The molecule has 0 spiro atoms. The Morgan fingerprint density at radius 2 is 2.00 bits per heavy atom. The molecule has 1 aliphatic heterocycles. The number of urea groups is 1. The quantitative estimate of drug-likeness (QED) is 0.253. The maximum absolute atomic E-state index is 12.5. The van der Waals surface area contributed by atoms with Crippen LogP contribution in [0.1, 0.15) is 31.0 Å². The van der Waals surface area contributed by atoms with Crippen molar-refractivity contribution in [3.8, 4) is 11.5 Å². The number of ether oxygens (including phenoxy) is 3. The predicted molar refractivity (Wildman–Crippen MR) is 132 cm³/mol. The Morgan fingerprint density at radius 1 is 1.20 bits per heavy atom. The Bertz CT molecular complexity index is 1180. The average molecular weight is 545 g/mol. The maximum atomic E-state index is 12.5. The number of carbonyl (C=O) groups excluding carboxylic acids is 3. The van der Waals surface area contributed by atoms with Crippen molar-refractivity contribution in [3.63, 3.8) is 0 Å². The van der Waals surface area contributed by atoms with Gasteiger partial charge < -0.3 is 24.8 Å². The van der Waals surface area contributed by atoms with E-state index in [0.29, 0.717) is 22.8 Å². The molecule has 0 bridgehead atoms. The highest BCUT2D eigenvalue weighted by molar-refractivity contribution is 9.10. The Hall–Kier alpha value is -3.86. The molecule has 11 heteroatoms. The summed E-state index contributed by atoms with van der Waals surface area (Å²) in [5, 5.41) is 9.23. The minimum absolute atomic E-state index is 0.196. The standard InChI is InChI=1S/C24H25BrN4O6/c1-4-34-23(31)21-14(2)27-24(32)28-22(21)16-8-9-18(19(11-16)33-3)35-13-20(30)29-26-12-15-6-5-7-17(25)10-15/h5-12,22H,4,13H2,1-3H3,(H,29,30)(H2,27,28,32)/b26-12-/t22-/m0/s1. The lowest BCUT2D eigenvalue weighted by molar-refractivity contribution is -0.139. The van der Waals surface area contributed by atoms with Gasteiger partial charge >= 0.3 is 12.0 Å². The molecule has 0 aromatic heterocycles. The second kappa shape index (κ2) is 12.0. The molecule has 1 aliphatic rings. The molecule has 1 atom stereocenters. The lowest BCUT2D eigenvalue weighted by atomic mass is 9.95. The summed E-state index contributed by atoms with van der Waals surface area (Å²) < 4.78 is 17.0. The molecule has 0 radical (unpaired) electrons. The molecule has 0 saturated carbocycles. The number of hydrazone groups is 1. The second-order valence-corrected chi connectivity index (χ2v) is 8.25. The van der Waals surface area contributed by atoms with E-state index in [4.69, 9.17) is 14.2 Å². The van der Waals surface area contributed by atoms with Crippen LogP contribution in [0.3, 0.4) is 0 Å². The van der Waals surface area contributed by atoms with Crippen LogP contribution >= 0.6 is 15.9 Å². The molecule has 35 heavy (non-hydrogen) atoms. The van der Waals surface area contributed by atoms with Crippen LogP contribution in [0.5, 0.6) is 11.5 Å². The molecule has 2 aromatic carbocycles. The lowest BCUT2D eigenvalue weighted by Gasteiger charge is -2.28. The molecular weight excluding hydrogens is 520 g/mol. The zero-order valence-electron chi connectivity index (χ0n) is 19.4. The number of allylic oxidation sites excluding steroid dienone is 1. The van der Waals surface area contributed by atoms with Gasteiger partial charge in [-0.1, -0.05) is 34.1 Å². The second-order valence-electron chi connectivity index (χ2n) is 7.34. The van der Waals surface area contributed by atoms with E-state index in [-0.39, 0.29) is 18.8 Å². The van der Waals surface area contributed by atoms with Crippen LogP contribution in [0.15, 0.2) is 63.3 Å². The van der Waals surface area contributed by atoms with Gasteiger partial charge in [-0.15, -0.1) is 0 Å². The van der Waals surface area contributed by atoms with Crippen molar-refractivity contribution in [2.24, 2.45) is 5.10 Å². The van der Waals surface area contributed by atoms with Gasteiger partial charge in [0.05, 0.1) is 31.5 Å². The number of methoxy groups -OCH3 is 1. The fraction of sp³-hybridized carbons (Fsp3) is 0.250. The Morgan fingerprint density at radius 3 is 2.71 bits per heavy atom.